The van der Waals surface area contributed by atoms with Crippen molar-refractivity contribution >= 4 is 5.91 Å². The van der Waals surface area contributed by atoms with Gasteiger partial charge in [-0.1, -0.05) is 36.9 Å². The van der Waals surface area contributed by atoms with E-state index < -0.39 is 0 Å². The van der Waals surface area contributed by atoms with Crippen molar-refractivity contribution in [2.75, 3.05) is 6.54 Å². The van der Waals surface area contributed by atoms with Crippen molar-refractivity contribution in [2.24, 2.45) is 0 Å². The summed E-state index contributed by atoms with van der Waals surface area (Å²) in [5.74, 6) is 0.220. The minimum atomic E-state index is -0.0103. The summed E-state index contributed by atoms with van der Waals surface area (Å²) in [6.45, 7) is 6.99. The number of hydrogen-bond acceptors (Lipinski definition) is 1. The predicted octanol–water partition coefficient (Wildman–Crippen LogP) is 2.98. The fourth-order valence-electron chi connectivity index (χ4n) is 2.95. The second-order valence-electron chi connectivity index (χ2n) is 5.27. The molecule has 1 aliphatic rings. The van der Waals surface area contributed by atoms with Crippen LogP contribution in [0.3, 0.4) is 0 Å². The molecule has 2 heterocycles. The van der Waals surface area contributed by atoms with Crippen LogP contribution in [0.2, 0.25) is 0 Å². The molecule has 1 aromatic carbocycles. The van der Waals surface area contributed by atoms with E-state index in [1.54, 1.807) is 0 Å². The van der Waals surface area contributed by atoms with Crippen LogP contribution < -0.4 is 0 Å². The van der Waals surface area contributed by atoms with Crippen molar-refractivity contribution in [1.82, 2.24) is 9.88 Å². The molecule has 1 amide bonds. The lowest BCUT2D eigenvalue weighted by Gasteiger charge is -2.32. The maximum atomic E-state index is 12.0. The van der Waals surface area contributed by atoms with Crippen LogP contribution in [0.25, 0.3) is 0 Å². The molecule has 0 unspecified atom stereocenters. The van der Waals surface area contributed by atoms with Gasteiger partial charge < -0.3 is 9.88 Å². The van der Waals surface area contributed by atoms with Gasteiger partial charge in [0.1, 0.15) is 0 Å². The summed E-state index contributed by atoms with van der Waals surface area (Å²) in [6, 6.07) is 12.5. The minimum absolute atomic E-state index is 0.0103. The van der Waals surface area contributed by atoms with Crippen molar-refractivity contribution in [2.45, 2.75) is 19.4 Å². The van der Waals surface area contributed by atoms with Gasteiger partial charge in [-0.2, -0.15) is 0 Å². The summed E-state index contributed by atoms with van der Waals surface area (Å²) in [5.41, 5.74) is 4.83. The number of carbonyl (C=O) groups excluding carboxylic acids is 1. The molecule has 0 bridgehead atoms. The largest absolute Gasteiger partial charge is 0.361 e. The number of benzene rings is 1. The highest BCUT2D eigenvalue weighted by Gasteiger charge is 2.29. The first-order valence-electron chi connectivity index (χ1n) is 6.83. The van der Waals surface area contributed by atoms with Crippen LogP contribution in [0.4, 0.5) is 0 Å². The molecule has 3 nitrogen and oxygen atoms in total. The summed E-state index contributed by atoms with van der Waals surface area (Å²) in [7, 11) is 0. The van der Waals surface area contributed by atoms with Gasteiger partial charge in [0.25, 0.3) is 0 Å². The topological polar surface area (TPSA) is 36.1 Å². The number of carbonyl (C=O) groups is 1. The molecule has 1 aliphatic heterocycles. The highest BCUT2D eigenvalue weighted by molar-refractivity contribution is 5.87. The smallest absolute Gasteiger partial charge is 0.246 e. The Morgan fingerprint density at radius 3 is 2.85 bits per heavy atom. The molecule has 0 aliphatic carbocycles. The maximum Gasteiger partial charge on any atom is 0.246 e. The maximum absolute atomic E-state index is 12.0. The molecule has 0 saturated heterocycles. The summed E-state index contributed by atoms with van der Waals surface area (Å²) in [6.07, 6.45) is 1.39. The van der Waals surface area contributed by atoms with Gasteiger partial charge in [-0.25, -0.2) is 0 Å². The van der Waals surface area contributed by atoms with Gasteiger partial charge in [0, 0.05) is 23.9 Å². The van der Waals surface area contributed by atoms with Crippen LogP contribution in [-0.4, -0.2) is 22.3 Å². The third-order valence-electron chi connectivity index (χ3n) is 3.88. The standard InChI is InChI=1S/C17H18N2O/c1-3-17(20)19-10-15(13-7-5-4-6-8-13)14-9-12(2)18-16(14)11-19/h3-9,15,18H,1,10-11H2,2H3/t15-/m1/s1. The Morgan fingerprint density at radius 1 is 1.40 bits per heavy atom. The van der Waals surface area contributed by atoms with Gasteiger partial charge in [-0.05, 0) is 30.2 Å². The highest BCUT2D eigenvalue weighted by atomic mass is 16.2. The zero-order valence-electron chi connectivity index (χ0n) is 11.6. The van der Waals surface area contributed by atoms with Gasteiger partial charge >= 0.3 is 0 Å². The van der Waals surface area contributed by atoms with E-state index in [0.29, 0.717) is 13.1 Å². The number of H-pyrrole nitrogens is 1. The molecule has 0 spiro atoms. The van der Waals surface area contributed by atoms with Gasteiger partial charge in [0.05, 0.1) is 6.54 Å². The average Bonchev–Trinajstić information content (AvgIpc) is 2.86. The van der Waals surface area contributed by atoms with Crippen molar-refractivity contribution in [3.8, 4) is 0 Å². The van der Waals surface area contributed by atoms with Crippen molar-refractivity contribution < 1.29 is 4.79 Å². The average molecular weight is 266 g/mol. The number of amides is 1. The number of aromatic nitrogens is 1. The van der Waals surface area contributed by atoms with Crippen molar-refractivity contribution in [1.29, 1.82) is 0 Å². The molecule has 3 rings (SSSR count). The zero-order chi connectivity index (χ0) is 14.1. The Labute approximate surface area is 118 Å². The zero-order valence-corrected chi connectivity index (χ0v) is 11.6. The van der Waals surface area contributed by atoms with Gasteiger partial charge in [0.2, 0.25) is 5.91 Å². The van der Waals surface area contributed by atoms with Crippen LogP contribution in [0.5, 0.6) is 0 Å². The molecule has 0 saturated carbocycles. The first-order valence-corrected chi connectivity index (χ1v) is 6.83. The number of fused-ring (bicyclic) bond motifs is 1. The van der Waals surface area contributed by atoms with E-state index in [2.05, 4.69) is 36.7 Å². The summed E-state index contributed by atoms with van der Waals surface area (Å²) in [5, 5.41) is 0. The molecule has 1 N–H and O–H groups in total. The summed E-state index contributed by atoms with van der Waals surface area (Å²) in [4.78, 5) is 17.2. The number of rotatable bonds is 2. The van der Waals surface area contributed by atoms with Crippen LogP contribution in [0.1, 0.15) is 28.4 Å². The Bertz CT molecular complexity index is 642. The van der Waals surface area contributed by atoms with E-state index in [0.717, 1.165) is 11.4 Å². The van der Waals surface area contributed by atoms with E-state index >= 15 is 0 Å². The molecular weight excluding hydrogens is 248 g/mol. The fraction of sp³-hybridized carbons (Fsp3) is 0.235. The molecule has 2 aromatic rings. The minimum Gasteiger partial charge on any atom is -0.361 e. The fourth-order valence-corrected chi connectivity index (χ4v) is 2.95. The number of nitrogens with one attached hydrogen (secondary N) is 1. The Hall–Kier alpha value is -2.29. The normalized spacial score (nSPS) is 17.6. The molecule has 102 valence electrons. The lowest BCUT2D eigenvalue weighted by Crippen LogP contribution is -2.37. The Balaban J connectivity index is 2.03. The second kappa shape index (κ2) is 5.00. The first-order chi connectivity index (χ1) is 9.69. The molecule has 0 fully saturated rings. The van der Waals surface area contributed by atoms with Gasteiger partial charge in [-0.3, -0.25) is 4.79 Å². The monoisotopic (exact) mass is 266 g/mol. The summed E-state index contributed by atoms with van der Waals surface area (Å²) < 4.78 is 0. The molecule has 3 heteroatoms. The predicted molar refractivity (Wildman–Crippen MR) is 79.4 cm³/mol. The lowest BCUT2D eigenvalue weighted by molar-refractivity contribution is -0.127. The number of aryl methyl sites for hydroxylation is 1. The summed E-state index contributed by atoms with van der Waals surface area (Å²) >= 11 is 0. The molecule has 1 atom stereocenters. The van der Waals surface area contributed by atoms with E-state index in [1.165, 1.54) is 17.2 Å². The first kappa shape index (κ1) is 12.7. The molecule has 20 heavy (non-hydrogen) atoms. The van der Waals surface area contributed by atoms with Crippen LogP contribution >= 0.6 is 0 Å². The molecule has 0 radical (unpaired) electrons. The van der Waals surface area contributed by atoms with Gasteiger partial charge in [-0.15, -0.1) is 0 Å². The molecule has 1 aromatic heterocycles. The second-order valence-corrected chi connectivity index (χ2v) is 5.27. The van der Waals surface area contributed by atoms with Crippen LogP contribution in [0, 0.1) is 6.92 Å². The third-order valence-corrected chi connectivity index (χ3v) is 3.88. The number of hydrogen-bond donors (Lipinski definition) is 1. The van der Waals surface area contributed by atoms with Crippen LogP contribution in [0.15, 0.2) is 49.1 Å². The highest BCUT2D eigenvalue weighted by Crippen LogP contribution is 2.33. The van der Waals surface area contributed by atoms with E-state index in [-0.39, 0.29) is 11.8 Å². The van der Waals surface area contributed by atoms with Gasteiger partial charge in [0.15, 0.2) is 0 Å². The van der Waals surface area contributed by atoms with Crippen molar-refractivity contribution in [3.05, 3.63) is 71.6 Å². The van der Waals surface area contributed by atoms with E-state index in [9.17, 15) is 4.79 Å². The SMILES string of the molecule is C=CC(=O)N1Cc2[nH]c(C)cc2[C@@H](c2ccccc2)C1. The van der Waals surface area contributed by atoms with E-state index in [4.69, 9.17) is 0 Å². The van der Waals surface area contributed by atoms with Crippen molar-refractivity contribution in [3.63, 3.8) is 0 Å². The third kappa shape index (κ3) is 2.16. The quantitative estimate of drug-likeness (QED) is 0.833. The Morgan fingerprint density at radius 2 is 2.15 bits per heavy atom. The number of aromatic amines is 1. The molecular formula is C17H18N2O. The Kier molecular flexibility index (Phi) is 3.18. The number of nitrogens with zero attached hydrogens (tertiary/aromatic N) is 1. The van der Waals surface area contributed by atoms with E-state index in [1.807, 2.05) is 23.1 Å². The van der Waals surface area contributed by atoms with Crippen LogP contribution in [-0.2, 0) is 11.3 Å². The lowest BCUT2D eigenvalue weighted by atomic mass is 9.88.